The lowest BCUT2D eigenvalue weighted by molar-refractivity contribution is 0.204. The topological polar surface area (TPSA) is 40.5 Å². The molecule has 0 saturated carbocycles. The summed E-state index contributed by atoms with van der Waals surface area (Å²) in [6, 6.07) is 17.4. The third kappa shape index (κ3) is 3.60. The zero-order valence-corrected chi connectivity index (χ0v) is 10.8. The number of aliphatic hydroxyl groups excluding tert-OH is 2. The van der Waals surface area contributed by atoms with E-state index in [1.54, 1.807) is 11.8 Å². The Bertz CT molecular complexity index is 468. The molecular formula is C15H16O2S. The van der Waals surface area contributed by atoms with Gasteiger partial charge in [-0.15, -0.1) is 11.8 Å². The predicted molar refractivity (Wildman–Crippen MR) is 74.5 cm³/mol. The van der Waals surface area contributed by atoms with Crippen LogP contribution < -0.4 is 0 Å². The van der Waals surface area contributed by atoms with Crippen LogP contribution in [0, 0.1) is 0 Å². The summed E-state index contributed by atoms with van der Waals surface area (Å²) in [5.74, 6) is 0.627. The van der Waals surface area contributed by atoms with E-state index in [1.807, 2.05) is 54.6 Å². The van der Waals surface area contributed by atoms with Crippen molar-refractivity contribution in [2.75, 3.05) is 5.75 Å². The number of thioether (sulfide) groups is 1. The van der Waals surface area contributed by atoms with Crippen molar-refractivity contribution in [1.29, 1.82) is 0 Å². The minimum absolute atomic E-state index is 0.0671. The summed E-state index contributed by atoms with van der Waals surface area (Å²) in [5.41, 5.74) is 1.85. The number of hydrogen-bond acceptors (Lipinski definition) is 3. The van der Waals surface area contributed by atoms with Gasteiger partial charge in [0, 0.05) is 10.6 Å². The summed E-state index contributed by atoms with van der Waals surface area (Å²) in [4.78, 5) is 1.10. The number of aliphatic hydroxyl groups is 2. The van der Waals surface area contributed by atoms with E-state index in [1.165, 1.54) is 0 Å². The molecule has 0 aliphatic carbocycles. The maximum absolute atomic E-state index is 10.0. The summed E-state index contributed by atoms with van der Waals surface area (Å²) in [5, 5.41) is 19.0. The van der Waals surface area contributed by atoms with Crippen LogP contribution in [0.3, 0.4) is 0 Å². The molecule has 0 spiro atoms. The summed E-state index contributed by atoms with van der Waals surface area (Å²) in [6.07, 6.45) is -0.450. The molecule has 0 fully saturated rings. The van der Waals surface area contributed by atoms with E-state index in [2.05, 4.69) is 0 Å². The van der Waals surface area contributed by atoms with Crippen LogP contribution in [-0.2, 0) is 6.61 Å². The highest BCUT2D eigenvalue weighted by atomic mass is 32.2. The van der Waals surface area contributed by atoms with E-state index in [-0.39, 0.29) is 6.61 Å². The average Bonchev–Trinajstić information content (AvgIpc) is 2.46. The van der Waals surface area contributed by atoms with Crippen molar-refractivity contribution in [2.24, 2.45) is 0 Å². The second kappa shape index (κ2) is 6.59. The molecule has 0 aliphatic heterocycles. The van der Waals surface area contributed by atoms with Crippen molar-refractivity contribution in [3.63, 3.8) is 0 Å². The maximum atomic E-state index is 10.0. The molecule has 2 nitrogen and oxygen atoms in total. The molecule has 2 aromatic rings. The highest BCUT2D eigenvalue weighted by molar-refractivity contribution is 7.99. The van der Waals surface area contributed by atoms with Gasteiger partial charge in [0.15, 0.2) is 0 Å². The zero-order chi connectivity index (χ0) is 12.8. The quantitative estimate of drug-likeness (QED) is 0.812. The molecule has 1 unspecified atom stereocenters. The van der Waals surface area contributed by atoms with Crippen LogP contribution in [-0.4, -0.2) is 16.0 Å². The third-order valence-corrected chi connectivity index (χ3v) is 3.79. The van der Waals surface area contributed by atoms with Crippen molar-refractivity contribution < 1.29 is 10.2 Å². The monoisotopic (exact) mass is 260 g/mol. The van der Waals surface area contributed by atoms with Gasteiger partial charge in [-0.2, -0.15) is 0 Å². The van der Waals surface area contributed by atoms with Gasteiger partial charge < -0.3 is 10.2 Å². The average molecular weight is 260 g/mol. The van der Waals surface area contributed by atoms with E-state index in [9.17, 15) is 5.11 Å². The van der Waals surface area contributed by atoms with Crippen LogP contribution in [0.25, 0.3) is 0 Å². The fraction of sp³-hybridized carbons (Fsp3) is 0.200. The second-order valence-corrected chi connectivity index (χ2v) is 5.13. The standard InChI is InChI=1S/C15H16O2S/c16-10-12-6-8-14(9-7-12)18-11-15(17)13-4-2-1-3-5-13/h1-9,15-17H,10-11H2. The molecule has 0 amide bonds. The molecule has 0 aliphatic rings. The van der Waals surface area contributed by atoms with Crippen molar-refractivity contribution in [3.8, 4) is 0 Å². The first-order valence-corrected chi connectivity index (χ1v) is 6.84. The minimum atomic E-state index is -0.450. The molecule has 0 saturated heterocycles. The smallest absolute Gasteiger partial charge is 0.0883 e. The molecule has 3 heteroatoms. The minimum Gasteiger partial charge on any atom is -0.392 e. The van der Waals surface area contributed by atoms with Crippen molar-refractivity contribution >= 4 is 11.8 Å². The second-order valence-electron chi connectivity index (χ2n) is 4.04. The van der Waals surface area contributed by atoms with Gasteiger partial charge in [0.1, 0.15) is 0 Å². The molecule has 0 bridgehead atoms. The predicted octanol–water partition coefficient (Wildman–Crippen LogP) is 3.00. The third-order valence-electron chi connectivity index (χ3n) is 2.70. The molecule has 2 N–H and O–H groups in total. The summed E-state index contributed by atoms with van der Waals surface area (Å²) in [6.45, 7) is 0.0671. The van der Waals surface area contributed by atoms with Gasteiger partial charge in [-0.3, -0.25) is 0 Å². The van der Waals surface area contributed by atoms with Crippen molar-refractivity contribution in [3.05, 3.63) is 65.7 Å². The van der Waals surface area contributed by atoms with E-state index in [0.29, 0.717) is 5.75 Å². The Morgan fingerprint density at radius 3 is 2.22 bits per heavy atom. The molecule has 18 heavy (non-hydrogen) atoms. The normalized spacial score (nSPS) is 12.3. The van der Waals surface area contributed by atoms with Gasteiger partial charge in [0.05, 0.1) is 12.7 Å². The molecule has 0 heterocycles. The van der Waals surface area contributed by atoms with Crippen LogP contribution in [0.15, 0.2) is 59.5 Å². The van der Waals surface area contributed by atoms with Crippen molar-refractivity contribution in [1.82, 2.24) is 0 Å². The van der Waals surface area contributed by atoms with Crippen molar-refractivity contribution in [2.45, 2.75) is 17.6 Å². The van der Waals surface area contributed by atoms with Crippen LogP contribution >= 0.6 is 11.8 Å². The molecule has 94 valence electrons. The van der Waals surface area contributed by atoms with E-state index in [4.69, 9.17) is 5.11 Å². The highest BCUT2D eigenvalue weighted by Crippen LogP contribution is 2.24. The van der Waals surface area contributed by atoms with Gasteiger partial charge in [-0.25, -0.2) is 0 Å². The Kier molecular flexibility index (Phi) is 4.81. The maximum Gasteiger partial charge on any atom is 0.0883 e. The fourth-order valence-electron chi connectivity index (χ4n) is 1.64. The number of hydrogen-bond donors (Lipinski definition) is 2. The Labute approximate surface area is 111 Å². The molecule has 1 atom stereocenters. The molecule has 0 aromatic heterocycles. The SMILES string of the molecule is OCc1ccc(SCC(O)c2ccccc2)cc1. The first kappa shape index (κ1) is 13.1. The van der Waals surface area contributed by atoms with Gasteiger partial charge in [0.25, 0.3) is 0 Å². The van der Waals surface area contributed by atoms with Gasteiger partial charge >= 0.3 is 0 Å². The first-order chi connectivity index (χ1) is 8.79. The highest BCUT2D eigenvalue weighted by Gasteiger charge is 2.07. The number of rotatable bonds is 5. The van der Waals surface area contributed by atoms with Gasteiger partial charge in [-0.05, 0) is 23.3 Å². The lowest BCUT2D eigenvalue weighted by Crippen LogP contribution is -1.99. The zero-order valence-electron chi connectivity index (χ0n) is 9.99. The van der Waals surface area contributed by atoms with Crippen LogP contribution in [0.1, 0.15) is 17.2 Å². The molecular weight excluding hydrogens is 244 g/mol. The summed E-state index contributed by atoms with van der Waals surface area (Å²) < 4.78 is 0. The van der Waals surface area contributed by atoms with Crippen LogP contribution in [0.2, 0.25) is 0 Å². The number of benzene rings is 2. The summed E-state index contributed by atoms with van der Waals surface area (Å²) >= 11 is 1.61. The lowest BCUT2D eigenvalue weighted by Gasteiger charge is -2.10. The Morgan fingerprint density at radius 1 is 0.944 bits per heavy atom. The van der Waals surface area contributed by atoms with Gasteiger partial charge in [0.2, 0.25) is 0 Å². The Hall–Kier alpha value is -1.29. The van der Waals surface area contributed by atoms with E-state index < -0.39 is 6.10 Å². The van der Waals surface area contributed by atoms with E-state index in [0.717, 1.165) is 16.0 Å². The molecule has 0 radical (unpaired) electrons. The fourth-order valence-corrected chi connectivity index (χ4v) is 2.51. The largest absolute Gasteiger partial charge is 0.392 e. The molecule has 2 rings (SSSR count). The Morgan fingerprint density at radius 2 is 1.61 bits per heavy atom. The summed E-state index contributed by atoms with van der Waals surface area (Å²) in [7, 11) is 0. The van der Waals surface area contributed by atoms with E-state index >= 15 is 0 Å². The van der Waals surface area contributed by atoms with Gasteiger partial charge in [-0.1, -0.05) is 42.5 Å². The Balaban J connectivity index is 1.91. The lowest BCUT2D eigenvalue weighted by atomic mass is 10.1. The van der Waals surface area contributed by atoms with Crippen LogP contribution in [0.4, 0.5) is 0 Å². The van der Waals surface area contributed by atoms with Crippen LogP contribution in [0.5, 0.6) is 0 Å². The molecule has 2 aromatic carbocycles. The first-order valence-electron chi connectivity index (χ1n) is 5.85.